The zero-order valence-corrected chi connectivity index (χ0v) is 11.9. The molecular formula is C16H19BO2. The molecule has 3 heteroatoms. The molecule has 0 radical (unpaired) electrons. The Morgan fingerprint density at radius 3 is 1.89 bits per heavy atom. The molecule has 0 saturated heterocycles. The Kier molecular flexibility index (Phi) is 3.79. The van der Waals surface area contributed by atoms with Crippen molar-refractivity contribution in [3.05, 3.63) is 52.6 Å². The second kappa shape index (κ2) is 5.20. The summed E-state index contributed by atoms with van der Waals surface area (Å²) >= 11 is 0. The van der Waals surface area contributed by atoms with Gasteiger partial charge in [0.2, 0.25) is 0 Å². The van der Waals surface area contributed by atoms with E-state index in [1.807, 2.05) is 18.2 Å². The molecule has 0 amide bonds. The molecule has 0 fully saturated rings. The predicted octanol–water partition coefficient (Wildman–Crippen LogP) is 2.27. The van der Waals surface area contributed by atoms with Gasteiger partial charge in [-0.2, -0.15) is 0 Å². The van der Waals surface area contributed by atoms with Gasteiger partial charge in [0.05, 0.1) is 0 Å². The predicted molar refractivity (Wildman–Crippen MR) is 80.7 cm³/mol. The Bertz CT molecular complexity index is 592. The second-order valence-electron chi connectivity index (χ2n) is 5.10. The first-order chi connectivity index (χ1) is 8.93. The van der Waals surface area contributed by atoms with Crippen molar-refractivity contribution in [2.45, 2.75) is 27.7 Å². The van der Waals surface area contributed by atoms with E-state index >= 15 is 0 Å². The van der Waals surface area contributed by atoms with Crippen LogP contribution in [-0.4, -0.2) is 17.2 Å². The molecule has 0 heterocycles. The lowest BCUT2D eigenvalue weighted by atomic mass is 9.73. The normalized spacial score (nSPS) is 10.6. The molecule has 0 unspecified atom stereocenters. The van der Waals surface area contributed by atoms with E-state index in [1.165, 1.54) is 22.3 Å². The van der Waals surface area contributed by atoms with Crippen molar-refractivity contribution >= 4 is 12.6 Å². The van der Waals surface area contributed by atoms with Crippen LogP contribution in [0.25, 0.3) is 11.1 Å². The van der Waals surface area contributed by atoms with Crippen molar-refractivity contribution < 1.29 is 10.0 Å². The van der Waals surface area contributed by atoms with Gasteiger partial charge in [-0.1, -0.05) is 30.3 Å². The maximum atomic E-state index is 9.54. The molecule has 0 aliphatic carbocycles. The van der Waals surface area contributed by atoms with Gasteiger partial charge in [0, 0.05) is 0 Å². The lowest BCUT2D eigenvalue weighted by molar-refractivity contribution is 0.426. The van der Waals surface area contributed by atoms with Crippen molar-refractivity contribution in [3.63, 3.8) is 0 Å². The van der Waals surface area contributed by atoms with E-state index in [4.69, 9.17) is 0 Å². The molecule has 2 nitrogen and oxygen atoms in total. The van der Waals surface area contributed by atoms with E-state index in [2.05, 4.69) is 33.8 Å². The van der Waals surface area contributed by atoms with Crippen molar-refractivity contribution in [2.75, 3.05) is 0 Å². The third-order valence-electron chi connectivity index (χ3n) is 3.87. The van der Waals surface area contributed by atoms with Gasteiger partial charge in [0.25, 0.3) is 0 Å². The quantitative estimate of drug-likeness (QED) is 0.807. The van der Waals surface area contributed by atoms with Gasteiger partial charge in [-0.15, -0.1) is 0 Å². The molecule has 19 heavy (non-hydrogen) atoms. The molecule has 0 bridgehead atoms. The van der Waals surface area contributed by atoms with E-state index in [1.54, 1.807) is 6.07 Å². The Morgan fingerprint density at radius 2 is 1.37 bits per heavy atom. The number of aryl methyl sites for hydroxylation is 2. The molecule has 2 aromatic rings. The molecular weight excluding hydrogens is 235 g/mol. The molecule has 0 saturated carbocycles. The smallest absolute Gasteiger partial charge is 0.423 e. The van der Waals surface area contributed by atoms with Gasteiger partial charge >= 0.3 is 7.12 Å². The van der Waals surface area contributed by atoms with E-state index in [-0.39, 0.29) is 0 Å². The number of hydrogen-bond donors (Lipinski definition) is 2. The maximum absolute atomic E-state index is 9.54. The van der Waals surface area contributed by atoms with Gasteiger partial charge in [0.15, 0.2) is 0 Å². The average molecular weight is 254 g/mol. The maximum Gasteiger partial charge on any atom is 0.489 e. The van der Waals surface area contributed by atoms with Gasteiger partial charge in [-0.25, -0.2) is 0 Å². The van der Waals surface area contributed by atoms with Crippen molar-refractivity contribution in [3.8, 4) is 11.1 Å². The van der Waals surface area contributed by atoms with Crippen LogP contribution in [0.1, 0.15) is 22.3 Å². The summed E-state index contributed by atoms with van der Waals surface area (Å²) in [4.78, 5) is 0. The largest absolute Gasteiger partial charge is 0.489 e. The summed E-state index contributed by atoms with van der Waals surface area (Å²) in [5, 5.41) is 19.1. The monoisotopic (exact) mass is 254 g/mol. The summed E-state index contributed by atoms with van der Waals surface area (Å²) in [6, 6.07) is 9.63. The molecule has 0 atom stereocenters. The lowest BCUT2D eigenvalue weighted by Gasteiger charge is -2.18. The highest BCUT2D eigenvalue weighted by Gasteiger charge is 2.19. The third-order valence-corrected chi connectivity index (χ3v) is 3.87. The first kappa shape index (κ1) is 13.8. The van der Waals surface area contributed by atoms with Gasteiger partial charge in [0.1, 0.15) is 0 Å². The van der Waals surface area contributed by atoms with E-state index in [9.17, 15) is 10.0 Å². The van der Waals surface area contributed by atoms with Crippen LogP contribution in [0.2, 0.25) is 0 Å². The fourth-order valence-electron chi connectivity index (χ4n) is 2.57. The standard InChI is InChI=1S/C16H19BO2/c1-10-9-11(2)13(4)16(12(10)3)14-7-5-6-8-15(14)17(18)19/h5-9,18-19H,1-4H3. The lowest BCUT2D eigenvalue weighted by Crippen LogP contribution is -2.31. The van der Waals surface area contributed by atoms with Crippen LogP contribution in [0.3, 0.4) is 0 Å². The molecule has 2 aromatic carbocycles. The van der Waals surface area contributed by atoms with Crippen LogP contribution in [0.15, 0.2) is 30.3 Å². The van der Waals surface area contributed by atoms with Gasteiger partial charge < -0.3 is 10.0 Å². The van der Waals surface area contributed by atoms with Crippen molar-refractivity contribution in [2.24, 2.45) is 0 Å². The summed E-state index contributed by atoms with van der Waals surface area (Å²) in [5.74, 6) is 0. The summed E-state index contributed by atoms with van der Waals surface area (Å²) < 4.78 is 0. The minimum atomic E-state index is -1.45. The summed E-state index contributed by atoms with van der Waals surface area (Å²) in [7, 11) is -1.45. The van der Waals surface area contributed by atoms with Crippen LogP contribution in [-0.2, 0) is 0 Å². The molecule has 0 aromatic heterocycles. The molecule has 98 valence electrons. The average Bonchev–Trinajstić information content (AvgIpc) is 2.37. The summed E-state index contributed by atoms with van der Waals surface area (Å²) in [6.45, 7) is 8.34. The minimum Gasteiger partial charge on any atom is -0.423 e. The van der Waals surface area contributed by atoms with Gasteiger partial charge in [-0.05, 0) is 66.5 Å². The first-order valence-electron chi connectivity index (χ1n) is 6.46. The minimum absolute atomic E-state index is 0.554. The molecule has 0 aliphatic heterocycles. The molecule has 2 rings (SSSR count). The Morgan fingerprint density at radius 1 is 0.842 bits per heavy atom. The van der Waals surface area contributed by atoms with E-state index in [0.29, 0.717) is 5.46 Å². The molecule has 2 N–H and O–H groups in total. The first-order valence-corrected chi connectivity index (χ1v) is 6.46. The number of hydrogen-bond acceptors (Lipinski definition) is 2. The fraction of sp³-hybridized carbons (Fsp3) is 0.250. The van der Waals surface area contributed by atoms with Crippen LogP contribution in [0.4, 0.5) is 0 Å². The van der Waals surface area contributed by atoms with E-state index in [0.717, 1.165) is 11.1 Å². The zero-order chi connectivity index (χ0) is 14.2. The van der Waals surface area contributed by atoms with Crippen LogP contribution in [0, 0.1) is 27.7 Å². The fourth-order valence-corrected chi connectivity index (χ4v) is 2.57. The highest BCUT2D eigenvalue weighted by Crippen LogP contribution is 2.30. The highest BCUT2D eigenvalue weighted by atomic mass is 16.4. The van der Waals surface area contributed by atoms with Gasteiger partial charge in [-0.3, -0.25) is 0 Å². The van der Waals surface area contributed by atoms with Crippen molar-refractivity contribution in [1.82, 2.24) is 0 Å². The third kappa shape index (κ3) is 2.44. The number of benzene rings is 2. The molecule has 0 spiro atoms. The van der Waals surface area contributed by atoms with E-state index < -0.39 is 7.12 Å². The summed E-state index contributed by atoms with van der Waals surface area (Å²) in [6.07, 6.45) is 0. The molecule has 0 aliphatic rings. The SMILES string of the molecule is Cc1cc(C)c(C)c(-c2ccccc2B(O)O)c1C. The topological polar surface area (TPSA) is 40.5 Å². The summed E-state index contributed by atoms with van der Waals surface area (Å²) in [5.41, 5.74) is 7.40. The van der Waals surface area contributed by atoms with Crippen LogP contribution in [0.5, 0.6) is 0 Å². The highest BCUT2D eigenvalue weighted by molar-refractivity contribution is 6.60. The van der Waals surface area contributed by atoms with Crippen molar-refractivity contribution in [1.29, 1.82) is 0 Å². The van der Waals surface area contributed by atoms with Crippen LogP contribution < -0.4 is 5.46 Å². The second-order valence-corrected chi connectivity index (χ2v) is 5.10. The number of rotatable bonds is 2. The Hall–Kier alpha value is -1.58. The van der Waals surface area contributed by atoms with Crippen LogP contribution >= 0.6 is 0 Å². The zero-order valence-electron chi connectivity index (χ0n) is 11.9. The Balaban J connectivity index is 2.80. The Labute approximate surface area is 114 Å².